The zero-order valence-electron chi connectivity index (χ0n) is 23.7. The van der Waals surface area contributed by atoms with Gasteiger partial charge in [-0.2, -0.15) is 13.2 Å². The second-order valence-corrected chi connectivity index (χ2v) is 10.2. The fourth-order valence-electron chi connectivity index (χ4n) is 3.38. The van der Waals surface area contributed by atoms with Gasteiger partial charge in [-0.15, -0.1) is 0 Å². The van der Waals surface area contributed by atoms with Gasteiger partial charge in [0.25, 0.3) is 0 Å². The van der Waals surface area contributed by atoms with Crippen molar-refractivity contribution in [1.29, 1.82) is 0 Å². The topological polar surface area (TPSA) is 131 Å². The van der Waals surface area contributed by atoms with Crippen LogP contribution >= 0.6 is 0 Å². The number of furan rings is 1. The average molecular weight is 579 g/mol. The van der Waals surface area contributed by atoms with Gasteiger partial charge in [0, 0.05) is 5.69 Å². The van der Waals surface area contributed by atoms with Gasteiger partial charge in [-0.3, -0.25) is 0 Å². The van der Waals surface area contributed by atoms with Crippen LogP contribution in [-0.4, -0.2) is 58.2 Å². The molecule has 0 spiro atoms. The highest BCUT2D eigenvalue weighted by Crippen LogP contribution is 2.37. The molecular weight excluding hydrogens is 545 g/mol. The second-order valence-electron chi connectivity index (χ2n) is 10.2. The van der Waals surface area contributed by atoms with E-state index in [4.69, 9.17) is 33.6 Å². The Hall–Kier alpha value is -3.16. The summed E-state index contributed by atoms with van der Waals surface area (Å²) >= 11 is 0. The molecule has 0 amide bonds. The van der Waals surface area contributed by atoms with Gasteiger partial charge in [0.1, 0.15) is 18.0 Å². The number of aromatic nitrogens is 1. The lowest BCUT2D eigenvalue weighted by Crippen LogP contribution is -2.41. The molecule has 41 heavy (non-hydrogen) atoms. The molecule has 2 aromatic heterocycles. The summed E-state index contributed by atoms with van der Waals surface area (Å²) in [5.41, 5.74) is -0.318. The molecule has 0 aliphatic carbocycles. The minimum atomic E-state index is -4.48. The number of hydrogen-bond acceptors (Lipinski definition) is 8. The number of carboxylic acids is 1. The largest absolute Gasteiger partial charge is 0.526 e. The van der Waals surface area contributed by atoms with Crippen molar-refractivity contribution in [3.63, 3.8) is 0 Å². The maximum absolute atomic E-state index is 12.8. The maximum atomic E-state index is 12.8. The lowest BCUT2D eigenvalue weighted by Gasteiger charge is -2.32. The Balaban J connectivity index is 0.000000237. The smallest absolute Gasteiger partial charge is 0.480 e. The van der Waals surface area contributed by atoms with E-state index in [1.165, 1.54) is 13.0 Å². The van der Waals surface area contributed by atoms with Gasteiger partial charge >= 0.3 is 26.4 Å². The zero-order chi connectivity index (χ0) is 31.0. The van der Waals surface area contributed by atoms with Crippen molar-refractivity contribution in [2.75, 3.05) is 6.61 Å². The number of ether oxygens (including phenoxy) is 1. The SMILES string of the molecule is Cc1cc(B2OC(C)(C)C(C)(C)O2)cc(C(F)(F)F)n1.Cc1ccc(B(O)O)o1.O=C(O)COCc1ccccc1. The first-order valence-corrected chi connectivity index (χ1v) is 12.6. The van der Waals surface area contributed by atoms with Crippen LogP contribution in [0.1, 0.15) is 50.4 Å². The third-order valence-electron chi connectivity index (χ3n) is 6.14. The van der Waals surface area contributed by atoms with Gasteiger partial charge in [0.15, 0.2) is 0 Å². The Morgan fingerprint density at radius 2 is 1.59 bits per heavy atom. The van der Waals surface area contributed by atoms with Gasteiger partial charge in [-0.1, -0.05) is 30.3 Å². The highest BCUT2D eigenvalue weighted by molar-refractivity contribution is 6.62. The predicted octanol–water partition coefficient (Wildman–Crippen LogP) is 3.26. The molecule has 3 heterocycles. The van der Waals surface area contributed by atoms with E-state index < -0.39 is 43.3 Å². The minimum absolute atomic E-state index is 0.188. The number of halogens is 3. The first-order chi connectivity index (χ1) is 18.9. The highest BCUT2D eigenvalue weighted by Gasteiger charge is 2.52. The van der Waals surface area contributed by atoms with E-state index in [2.05, 4.69) is 4.98 Å². The molecule has 0 bridgehead atoms. The summed E-state index contributed by atoms with van der Waals surface area (Å²) in [6, 6.07) is 15.2. The molecule has 1 aliphatic heterocycles. The molecule has 4 rings (SSSR count). The quantitative estimate of drug-likeness (QED) is 0.377. The van der Waals surface area contributed by atoms with Crippen LogP contribution in [0.15, 0.2) is 59.0 Å². The van der Waals surface area contributed by atoms with Crippen LogP contribution in [0.2, 0.25) is 0 Å². The number of hydrogen-bond donors (Lipinski definition) is 3. The van der Waals surface area contributed by atoms with Crippen LogP contribution in [0.5, 0.6) is 0 Å². The molecule has 0 unspecified atom stereocenters. The molecule has 14 heteroatoms. The Morgan fingerprint density at radius 1 is 1.00 bits per heavy atom. The Bertz CT molecular complexity index is 1250. The number of nitrogens with zero attached hydrogens (tertiary/aromatic N) is 1. The van der Waals surface area contributed by atoms with E-state index >= 15 is 0 Å². The summed E-state index contributed by atoms with van der Waals surface area (Å²) in [5.74, 6) is -0.260. The minimum Gasteiger partial charge on any atom is -0.480 e. The molecule has 1 aromatic carbocycles. The maximum Gasteiger partial charge on any atom is 0.526 e. The molecule has 3 aromatic rings. The molecule has 3 N–H and O–H groups in total. The van der Waals surface area contributed by atoms with Crippen molar-refractivity contribution >= 4 is 31.3 Å². The summed E-state index contributed by atoms with van der Waals surface area (Å²) in [6.45, 7) is 10.8. The van der Waals surface area contributed by atoms with Crippen LogP contribution in [-0.2, 0) is 31.6 Å². The van der Waals surface area contributed by atoms with E-state index in [1.54, 1.807) is 19.1 Å². The average Bonchev–Trinajstić information content (AvgIpc) is 3.39. The molecule has 0 saturated carbocycles. The van der Waals surface area contributed by atoms with Crippen molar-refractivity contribution in [2.24, 2.45) is 0 Å². The van der Waals surface area contributed by atoms with Crippen molar-refractivity contribution in [2.45, 2.75) is 65.5 Å². The number of aryl methyl sites for hydroxylation is 2. The number of benzene rings is 1. The highest BCUT2D eigenvalue weighted by atomic mass is 19.4. The number of alkyl halides is 3. The normalized spacial score (nSPS) is 15.3. The van der Waals surface area contributed by atoms with E-state index in [0.29, 0.717) is 17.8 Å². The van der Waals surface area contributed by atoms with Crippen LogP contribution in [0.25, 0.3) is 0 Å². The summed E-state index contributed by atoms with van der Waals surface area (Å²) < 4.78 is 59.6. The standard InChI is InChI=1S/C13H17BF3NO2.C9H10O3.C5H7BO3/c1-8-6-9(7-10(18-8)13(15,16)17)14-19-11(2,3)12(4,5)20-14;10-9(11)7-12-6-8-4-2-1-3-5-8;1-4-2-3-5(9-4)6(7)8/h6-7H,1-5H3;1-5H,6-7H2,(H,10,11);2-3,7-8H,1H3. The van der Waals surface area contributed by atoms with E-state index in [-0.39, 0.29) is 18.0 Å². The number of aliphatic carboxylic acids is 1. The van der Waals surface area contributed by atoms with Crippen molar-refractivity contribution in [3.8, 4) is 0 Å². The van der Waals surface area contributed by atoms with Gasteiger partial charge in [0.05, 0.1) is 23.6 Å². The number of rotatable bonds is 6. The molecule has 1 aliphatic rings. The Labute approximate surface area is 237 Å². The fraction of sp³-hybridized carbons (Fsp3) is 0.407. The Kier molecular flexibility index (Phi) is 11.7. The van der Waals surface area contributed by atoms with Crippen molar-refractivity contribution in [1.82, 2.24) is 4.98 Å². The van der Waals surface area contributed by atoms with Crippen molar-refractivity contribution in [3.05, 3.63) is 77.3 Å². The third-order valence-corrected chi connectivity index (χ3v) is 6.14. The molecule has 1 fully saturated rings. The van der Waals surface area contributed by atoms with E-state index in [0.717, 1.165) is 11.6 Å². The molecule has 0 radical (unpaired) electrons. The summed E-state index contributed by atoms with van der Waals surface area (Å²) in [4.78, 5) is 13.6. The third kappa shape index (κ3) is 10.6. The van der Waals surface area contributed by atoms with Crippen LogP contribution in [0.4, 0.5) is 13.2 Å². The molecule has 0 atom stereocenters. The van der Waals surface area contributed by atoms with E-state index in [9.17, 15) is 18.0 Å². The fourth-order valence-corrected chi connectivity index (χ4v) is 3.38. The molecular formula is C27H34B2F3NO8. The summed E-state index contributed by atoms with van der Waals surface area (Å²) in [5, 5.41) is 25.3. The van der Waals surface area contributed by atoms with Crippen LogP contribution < -0.4 is 11.1 Å². The molecule has 1 saturated heterocycles. The molecule has 9 nitrogen and oxygen atoms in total. The molecule has 222 valence electrons. The lowest BCUT2D eigenvalue weighted by atomic mass is 9.79. The van der Waals surface area contributed by atoms with E-state index in [1.807, 2.05) is 58.0 Å². The van der Waals surface area contributed by atoms with Crippen LogP contribution in [0.3, 0.4) is 0 Å². The number of carboxylic acid groups (broad SMARTS) is 1. The van der Waals surface area contributed by atoms with Crippen molar-refractivity contribution < 1.29 is 51.6 Å². The zero-order valence-corrected chi connectivity index (χ0v) is 23.7. The number of pyridine rings is 1. The van der Waals surface area contributed by atoms with Crippen LogP contribution in [0, 0.1) is 13.8 Å². The lowest BCUT2D eigenvalue weighted by molar-refractivity contribution is -0.143. The first-order valence-electron chi connectivity index (χ1n) is 12.6. The first kappa shape index (κ1) is 34.0. The second kappa shape index (κ2) is 14.1. The Morgan fingerprint density at radius 3 is 2.02 bits per heavy atom. The van der Waals surface area contributed by atoms with Gasteiger partial charge in [0.2, 0.25) is 0 Å². The number of carbonyl (C=O) groups is 1. The summed E-state index contributed by atoms with van der Waals surface area (Å²) in [7, 11) is -2.30. The monoisotopic (exact) mass is 579 g/mol. The summed E-state index contributed by atoms with van der Waals surface area (Å²) in [6.07, 6.45) is -4.48. The predicted molar refractivity (Wildman–Crippen MR) is 147 cm³/mol. The van der Waals surface area contributed by atoms with Gasteiger partial charge < -0.3 is 33.6 Å². The van der Waals surface area contributed by atoms with Gasteiger partial charge in [-0.25, -0.2) is 9.78 Å². The van der Waals surface area contributed by atoms with Gasteiger partial charge in [-0.05, 0) is 76.8 Å².